The number of carbonyl (C=O) groups excluding carboxylic acids is 2. The number of aliphatic hydroxyl groups excluding tert-OH is 2. The highest BCUT2D eigenvalue weighted by Crippen LogP contribution is 2.27. The molecule has 0 saturated heterocycles. The first-order chi connectivity index (χ1) is 18.9. The van der Waals surface area contributed by atoms with E-state index in [4.69, 9.17) is 19.2 Å². The number of hydrogen-bond donors (Lipinski definition) is 3. The lowest BCUT2D eigenvalue weighted by molar-refractivity contribution is -0.123. The first kappa shape index (κ1) is 27.5. The van der Waals surface area contributed by atoms with Gasteiger partial charge in [0.15, 0.2) is 11.4 Å². The fourth-order valence-electron chi connectivity index (χ4n) is 3.96. The zero-order valence-electron chi connectivity index (χ0n) is 21.2. The molecular formula is C29H27N3O7. The van der Waals surface area contributed by atoms with Gasteiger partial charge in [-0.2, -0.15) is 10.2 Å². The van der Waals surface area contributed by atoms with Gasteiger partial charge in [-0.15, -0.1) is 0 Å². The maximum atomic E-state index is 13.4. The van der Waals surface area contributed by atoms with E-state index in [0.717, 1.165) is 0 Å². The molecule has 1 amide bonds. The van der Waals surface area contributed by atoms with Crippen molar-refractivity contribution in [2.24, 2.45) is 0 Å². The van der Waals surface area contributed by atoms with Gasteiger partial charge in [0.2, 0.25) is 6.10 Å². The van der Waals surface area contributed by atoms with Gasteiger partial charge >= 0.3 is 6.01 Å². The number of ketones is 1. The summed E-state index contributed by atoms with van der Waals surface area (Å²) in [6, 6.07) is 17.9. The van der Waals surface area contributed by atoms with E-state index in [1.165, 1.54) is 0 Å². The predicted octanol–water partition coefficient (Wildman–Crippen LogP) is 4.05. The minimum Gasteiger partial charge on any atom is -0.476 e. The van der Waals surface area contributed by atoms with Gasteiger partial charge in [-0.05, 0) is 53.9 Å². The summed E-state index contributed by atoms with van der Waals surface area (Å²) in [7, 11) is 1.58. The molecule has 10 nitrogen and oxygen atoms in total. The summed E-state index contributed by atoms with van der Waals surface area (Å²) in [5, 5.41) is 30.8. The third-order valence-corrected chi connectivity index (χ3v) is 6.04. The van der Waals surface area contributed by atoms with Gasteiger partial charge in [-0.3, -0.25) is 14.9 Å². The summed E-state index contributed by atoms with van der Waals surface area (Å²) in [6.07, 6.45) is -0.202. The fourth-order valence-corrected chi connectivity index (χ4v) is 3.96. The molecule has 4 rings (SSSR count). The maximum Gasteiger partial charge on any atom is 0.302 e. The van der Waals surface area contributed by atoms with Crippen LogP contribution in [0, 0.1) is 11.3 Å². The molecular weight excluding hydrogens is 502 g/mol. The number of Topliss-reactive ketones (excluding diaryl/α,β-unsaturated/α-hetero) is 1. The number of aromatic nitrogens is 1. The molecule has 0 aliphatic carbocycles. The van der Waals surface area contributed by atoms with Gasteiger partial charge < -0.3 is 24.1 Å². The molecule has 3 aromatic carbocycles. The van der Waals surface area contributed by atoms with Crippen LogP contribution in [-0.4, -0.2) is 40.6 Å². The number of benzene rings is 3. The summed E-state index contributed by atoms with van der Waals surface area (Å²) >= 11 is 0. The smallest absolute Gasteiger partial charge is 0.302 e. The van der Waals surface area contributed by atoms with Crippen LogP contribution in [0.15, 0.2) is 65.1 Å². The number of anilines is 1. The first-order valence-electron chi connectivity index (χ1n) is 12.2. The van der Waals surface area contributed by atoms with Crippen molar-refractivity contribution in [1.82, 2.24) is 4.98 Å². The van der Waals surface area contributed by atoms with Crippen molar-refractivity contribution in [2.75, 3.05) is 19.0 Å². The van der Waals surface area contributed by atoms with Crippen molar-refractivity contribution in [2.45, 2.75) is 32.2 Å². The monoisotopic (exact) mass is 529 g/mol. The molecule has 200 valence electrons. The zero-order chi connectivity index (χ0) is 27.8. The van der Waals surface area contributed by atoms with Crippen molar-refractivity contribution >= 4 is 28.8 Å². The van der Waals surface area contributed by atoms with E-state index in [9.17, 15) is 19.8 Å². The van der Waals surface area contributed by atoms with E-state index < -0.39 is 12.0 Å². The summed E-state index contributed by atoms with van der Waals surface area (Å²) in [5.74, 6) is -0.273. The number of oxazole rings is 1. The molecule has 1 unspecified atom stereocenters. The van der Waals surface area contributed by atoms with E-state index in [0.29, 0.717) is 64.1 Å². The molecule has 0 aliphatic rings. The quantitative estimate of drug-likeness (QED) is 0.182. The number of nitrogens with one attached hydrogen (secondary N) is 1. The molecule has 1 heterocycles. The normalized spacial score (nSPS) is 11.6. The highest BCUT2D eigenvalue weighted by molar-refractivity contribution is 5.97. The van der Waals surface area contributed by atoms with Crippen LogP contribution in [0.25, 0.3) is 11.1 Å². The lowest BCUT2D eigenvalue weighted by Gasteiger charge is -2.18. The van der Waals surface area contributed by atoms with Crippen LogP contribution in [0.2, 0.25) is 0 Å². The predicted molar refractivity (Wildman–Crippen MR) is 141 cm³/mol. The fraction of sp³-hybridized carbons (Fsp3) is 0.241. The number of carbonyl (C=O) groups is 2. The number of ether oxygens (including phenoxy) is 2. The van der Waals surface area contributed by atoms with Crippen molar-refractivity contribution in [3.63, 3.8) is 0 Å². The Morgan fingerprint density at radius 2 is 1.74 bits per heavy atom. The number of aliphatic hydroxyl groups is 2. The Morgan fingerprint density at radius 1 is 1.05 bits per heavy atom. The molecule has 39 heavy (non-hydrogen) atoms. The van der Waals surface area contributed by atoms with Crippen molar-refractivity contribution in [3.8, 4) is 11.8 Å². The molecule has 1 atom stereocenters. The molecule has 0 aliphatic heterocycles. The Balaban J connectivity index is 1.59. The van der Waals surface area contributed by atoms with Crippen LogP contribution in [0.1, 0.15) is 51.6 Å². The highest BCUT2D eigenvalue weighted by Gasteiger charge is 2.25. The van der Waals surface area contributed by atoms with Crippen LogP contribution < -0.4 is 10.1 Å². The highest BCUT2D eigenvalue weighted by atomic mass is 16.5. The van der Waals surface area contributed by atoms with Gasteiger partial charge in [0.25, 0.3) is 5.91 Å². The van der Waals surface area contributed by atoms with Crippen LogP contribution in [0.3, 0.4) is 0 Å². The van der Waals surface area contributed by atoms with Crippen LogP contribution in [0.4, 0.5) is 6.01 Å². The van der Waals surface area contributed by atoms with Gasteiger partial charge in [-0.25, -0.2) is 0 Å². The molecule has 0 fully saturated rings. The van der Waals surface area contributed by atoms with Crippen LogP contribution in [0.5, 0.6) is 5.75 Å². The number of amides is 1. The zero-order valence-corrected chi connectivity index (χ0v) is 21.2. The third kappa shape index (κ3) is 6.66. The number of hydrogen-bond acceptors (Lipinski definition) is 9. The molecule has 0 saturated carbocycles. The second-order valence-electron chi connectivity index (χ2n) is 8.69. The minimum absolute atomic E-state index is 0.0383. The maximum absolute atomic E-state index is 13.4. The number of rotatable bonds is 12. The second kappa shape index (κ2) is 12.8. The average molecular weight is 530 g/mol. The third-order valence-electron chi connectivity index (χ3n) is 6.04. The van der Waals surface area contributed by atoms with E-state index in [1.54, 1.807) is 67.8 Å². The number of nitriles is 1. The van der Waals surface area contributed by atoms with Gasteiger partial charge in [-0.1, -0.05) is 24.3 Å². The first-order valence-corrected chi connectivity index (χ1v) is 12.2. The molecule has 1 aromatic heterocycles. The molecule has 3 N–H and O–H groups in total. The van der Waals surface area contributed by atoms with E-state index in [-0.39, 0.29) is 25.0 Å². The van der Waals surface area contributed by atoms with Gasteiger partial charge in [0.05, 0.1) is 24.8 Å². The number of nitrogens with zero attached hydrogens (tertiary/aromatic N) is 2. The lowest BCUT2D eigenvalue weighted by atomic mass is 10.0. The van der Waals surface area contributed by atoms with E-state index in [1.807, 2.05) is 6.07 Å². The summed E-state index contributed by atoms with van der Waals surface area (Å²) in [6.45, 7) is -0.0890. The van der Waals surface area contributed by atoms with Gasteiger partial charge in [0, 0.05) is 31.3 Å². The second-order valence-corrected chi connectivity index (χ2v) is 8.69. The Hall–Kier alpha value is -4.56. The SMILES string of the molecule is COCCCC(=O)c1ccc(C(Oc2ccc(C#N)cc2)C(=O)Nc2nc3cc(CO)c(CO)cc3o2)cc1. The van der Waals surface area contributed by atoms with Crippen molar-refractivity contribution < 1.29 is 33.7 Å². The topological polar surface area (TPSA) is 155 Å². The largest absolute Gasteiger partial charge is 0.476 e. The van der Waals surface area contributed by atoms with Crippen LogP contribution >= 0.6 is 0 Å². The molecule has 0 bridgehead atoms. The Kier molecular flexibility index (Phi) is 9.01. The Labute approximate surface area is 224 Å². The molecule has 10 heteroatoms. The van der Waals surface area contributed by atoms with Crippen LogP contribution in [-0.2, 0) is 22.7 Å². The summed E-state index contributed by atoms with van der Waals surface area (Å²) in [5.41, 5.74) is 3.13. The summed E-state index contributed by atoms with van der Waals surface area (Å²) < 4.78 is 16.7. The summed E-state index contributed by atoms with van der Waals surface area (Å²) in [4.78, 5) is 30.1. The van der Waals surface area contributed by atoms with Crippen molar-refractivity contribution in [1.29, 1.82) is 5.26 Å². The van der Waals surface area contributed by atoms with Crippen molar-refractivity contribution in [3.05, 3.63) is 88.5 Å². The standard InChI is InChI=1S/C29H27N3O7/c1-37-12-2-3-25(35)19-6-8-20(9-7-19)27(38-23-10-4-18(15-30)5-11-23)28(36)32-29-31-24-13-21(16-33)22(17-34)14-26(24)39-29/h4-11,13-14,27,33-34H,2-3,12,16-17H2,1H3,(H,31,32,36). The number of fused-ring (bicyclic) bond motifs is 1. The lowest BCUT2D eigenvalue weighted by Crippen LogP contribution is -2.26. The molecule has 4 aromatic rings. The Morgan fingerprint density at radius 3 is 2.38 bits per heavy atom. The Bertz CT molecular complexity index is 1450. The molecule has 0 radical (unpaired) electrons. The average Bonchev–Trinajstić information content (AvgIpc) is 3.36. The van der Waals surface area contributed by atoms with Gasteiger partial charge in [0.1, 0.15) is 11.3 Å². The van der Waals surface area contributed by atoms with E-state index >= 15 is 0 Å². The number of methoxy groups -OCH3 is 1. The molecule has 0 spiro atoms. The minimum atomic E-state index is -1.15. The van der Waals surface area contributed by atoms with E-state index in [2.05, 4.69) is 10.3 Å².